The quantitative estimate of drug-likeness (QED) is 0.792. The Kier molecular flexibility index (Phi) is 4.15. The molecule has 0 amide bonds. The highest BCUT2D eigenvalue weighted by molar-refractivity contribution is 7.92. The number of anilines is 1. The largest absolute Gasteiger partial charge is 0.390 e. The summed E-state index contributed by atoms with van der Waals surface area (Å²) in [5.74, 6) is 0.400. The average Bonchev–Trinajstić information content (AvgIpc) is 2.88. The van der Waals surface area contributed by atoms with Gasteiger partial charge in [0.15, 0.2) is 0 Å². The first-order chi connectivity index (χ1) is 9.42. The van der Waals surface area contributed by atoms with Crippen LogP contribution in [0.25, 0.3) is 0 Å². The smallest absolute Gasteiger partial charge is 0.263 e. The molecule has 0 saturated heterocycles. The van der Waals surface area contributed by atoms with Crippen LogP contribution < -0.4 is 4.72 Å². The van der Waals surface area contributed by atoms with Crippen LogP contribution in [0.4, 0.5) is 5.69 Å². The number of nitrogens with one attached hydrogen (secondary N) is 2. The molecular formula is C14H18N2O3S. The number of aromatic nitrogens is 1. The molecule has 0 bridgehead atoms. The summed E-state index contributed by atoms with van der Waals surface area (Å²) in [7, 11) is -3.63. The number of aromatic amines is 1. The van der Waals surface area contributed by atoms with Crippen molar-refractivity contribution in [3.8, 4) is 0 Å². The van der Waals surface area contributed by atoms with Gasteiger partial charge >= 0.3 is 0 Å². The maximum absolute atomic E-state index is 12.1. The highest BCUT2D eigenvalue weighted by Crippen LogP contribution is 2.20. The zero-order valence-corrected chi connectivity index (χ0v) is 12.2. The van der Waals surface area contributed by atoms with Gasteiger partial charge in [0.1, 0.15) is 4.90 Å². The lowest BCUT2D eigenvalue weighted by Crippen LogP contribution is -2.12. The normalized spacial score (nSPS) is 11.8. The second-order valence-electron chi connectivity index (χ2n) is 4.90. The van der Waals surface area contributed by atoms with E-state index in [2.05, 4.69) is 23.6 Å². The van der Waals surface area contributed by atoms with Crippen LogP contribution >= 0.6 is 0 Å². The van der Waals surface area contributed by atoms with Gasteiger partial charge < -0.3 is 10.1 Å². The van der Waals surface area contributed by atoms with E-state index in [0.717, 1.165) is 5.56 Å². The van der Waals surface area contributed by atoms with Gasteiger partial charge in [-0.2, -0.15) is 0 Å². The molecule has 0 aliphatic carbocycles. The Bertz CT molecular complexity index is 673. The molecule has 108 valence electrons. The molecule has 0 fully saturated rings. The van der Waals surface area contributed by atoms with E-state index in [1.165, 1.54) is 12.3 Å². The number of aliphatic hydroxyl groups excluding tert-OH is 1. The molecule has 0 aliphatic heterocycles. The first-order valence-electron chi connectivity index (χ1n) is 6.33. The monoisotopic (exact) mass is 294 g/mol. The summed E-state index contributed by atoms with van der Waals surface area (Å²) in [6.45, 7) is 3.93. The summed E-state index contributed by atoms with van der Waals surface area (Å²) in [6, 6.07) is 8.70. The van der Waals surface area contributed by atoms with Gasteiger partial charge in [0.25, 0.3) is 10.0 Å². The van der Waals surface area contributed by atoms with E-state index in [1.807, 2.05) is 12.1 Å². The molecule has 0 radical (unpaired) electrons. The fourth-order valence-corrected chi connectivity index (χ4v) is 2.89. The molecule has 1 aromatic heterocycles. The van der Waals surface area contributed by atoms with Crippen molar-refractivity contribution in [1.82, 2.24) is 4.98 Å². The molecule has 1 aromatic carbocycles. The van der Waals surface area contributed by atoms with Gasteiger partial charge in [-0.25, -0.2) is 8.42 Å². The summed E-state index contributed by atoms with van der Waals surface area (Å²) >= 11 is 0. The fraction of sp³-hybridized carbons (Fsp3) is 0.286. The SMILES string of the molecule is CC(C)c1ccc(NS(=O)(=O)c2c[nH]c(CO)c2)cc1. The molecule has 3 N–H and O–H groups in total. The molecule has 0 spiro atoms. The van der Waals surface area contributed by atoms with Gasteiger partial charge in [-0.05, 0) is 29.7 Å². The van der Waals surface area contributed by atoms with Crippen LogP contribution in [0.1, 0.15) is 31.0 Å². The van der Waals surface area contributed by atoms with E-state index in [-0.39, 0.29) is 11.5 Å². The van der Waals surface area contributed by atoms with Crippen LogP contribution in [0.2, 0.25) is 0 Å². The van der Waals surface area contributed by atoms with E-state index in [4.69, 9.17) is 5.11 Å². The van der Waals surface area contributed by atoms with Crippen molar-refractivity contribution in [1.29, 1.82) is 0 Å². The minimum absolute atomic E-state index is 0.106. The third-order valence-electron chi connectivity index (χ3n) is 3.03. The van der Waals surface area contributed by atoms with E-state index in [0.29, 0.717) is 17.3 Å². The highest BCUT2D eigenvalue weighted by atomic mass is 32.2. The number of benzene rings is 1. The van der Waals surface area contributed by atoms with E-state index in [1.54, 1.807) is 12.1 Å². The Labute approximate surface area is 118 Å². The Morgan fingerprint density at radius 1 is 1.25 bits per heavy atom. The Morgan fingerprint density at radius 3 is 2.40 bits per heavy atom. The topological polar surface area (TPSA) is 82.2 Å². The lowest BCUT2D eigenvalue weighted by atomic mass is 10.0. The molecule has 5 nitrogen and oxygen atoms in total. The molecule has 6 heteroatoms. The number of sulfonamides is 1. The maximum atomic E-state index is 12.1. The number of aliphatic hydroxyl groups is 1. The molecular weight excluding hydrogens is 276 g/mol. The third-order valence-corrected chi connectivity index (χ3v) is 4.39. The number of H-pyrrole nitrogens is 1. The Morgan fingerprint density at radius 2 is 1.90 bits per heavy atom. The zero-order chi connectivity index (χ0) is 14.8. The molecule has 2 rings (SSSR count). The third kappa shape index (κ3) is 3.20. The van der Waals surface area contributed by atoms with Crippen molar-refractivity contribution in [3.63, 3.8) is 0 Å². The lowest BCUT2D eigenvalue weighted by Gasteiger charge is -2.09. The van der Waals surface area contributed by atoms with Crippen molar-refractivity contribution >= 4 is 15.7 Å². The van der Waals surface area contributed by atoms with Gasteiger partial charge in [-0.3, -0.25) is 4.72 Å². The Balaban J connectivity index is 2.19. The lowest BCUT2D eigenvalue weighted by molar-refractivity contribution is 0.277. The molecule has 2 aromatic rings. The standard InChI is InChI=1S/C14H18N2O3S/c1-10(2)11-3-5-12(6-4-11)16-20(18,19)14-7-13(9-17)15-8-14/h3-8,10,15-17H,9H2,1-2H3. The van der Waals surface area contributed by atoms with Gasteiger partial charge in [-0.1, -0.05) is 26.0 Å². The van der Waals surface area contributed by atoms with Crippen molar-refractivity contribution in [2.24, 2.45) is 0 Å². The molecule has 0 atom stereocenters. The van der Waals surface area contributed by atoms with E-state index < -0.39 is 10.0 Å². The second kappa shape index (κ2) is 5.68. The minimum atomic E-state index is -3.63. The van der Waals surface area contributed by atoms with E-state index in [9.17, 15) is 8.42 Å². The minimum Gasteiger partial charge on any atom is -0.390 e. The number of hydrogen-bond acceptors (Lipinski definition) is 3. The fourth-order valence-electron chi connectivity index (χ4n) is 1.82. The van der Waals surface area contributed by atoms with Gasteiger partial charge in [0.2, 0.25) is 0 Å². The van der Waals surface area contributed by atoms with Crippen LogP contribution in [0, 0.1) is 0 Å². The van der Waals surface area contributed by atoms with E-state index >= 15 is 0 Å². The van der Waals surface area contributed by atoms with Crippen molar-refractivity contribution in [2.75, 3.05) is 4.72 Å². The molecule has 0 unspecified atom stereocenters. The number of hydrogen-bond donors (Lipinski definition) is 3. The summed E-state index contributed by atoms with van der Waals surface area (Å²) in [4.78, 5) is 2.81. The first kappa shape index (κ1) is 14.6. The number of rotatable bonds is 5. The highest BCUT2D eigenvalue weighted by Gasteiger charge is 2.16. The van der Waals surface area contributed by atoms with Gasteiger partial charge in [0, 0.05) is 17.6 Å². The van der Waals surface area contributed by atoms with Gasteiger partial charge in [0.05, 0.1) is 6.61 Å². The zero-order valence-electron chi connectivity index (χ0n) is 11.4. The maximum Gasteiger partial charge on any atom is 0.263 e. The second-order valence-corrected chi connectivity index (χ2v) is 6.58. The van der Waals surface area contributed by atoms with Crippen LogP contribution in [0.15, 0.2) is 41.4 Å². The van der Waals surface area contributed by atoms with Crippen LogP contribution in [0.3, 0.4) is 0 Å². The summed E-state index contributed by atoms with van der Waals surface area (Å²) in [5.41, 5.74) is 2.12. The Hall–Kier alpha value is -1.79. The van der Waals surface area contributed by atoms with Crippen LogP contribution in [-0.4, -0.2) is 18.5 Å². The summed E-state index contributed by atoms with van der Waals surface area (Å²) < 4.78 is 26.8. The predicted octanol–water partition coefficient (Wildman–Crippen LogP) is 2.43. The molecule has 0 aliphatic rings. The van der Waals surface area contributed by atoms with Gasteiger partial charge in [-0.15, -0.1) is 0 Å². The van der Waals surface area contributed by atoms with Crippen LogP contribution in [0.5, 0.6) is 0 Å². The summed E-state index contributed by atoms with van der Waals surface area (Å²) in [5, 5.41) is 8.94. The average molecular weight is 294 g/mol. The first-order valence-corrected chi connectivity index (χ1v) is 7.81. The van der Waals surface area contributed by atoms with Crippen molar-refractivity contribution in [2.45, 2.75) is 31.3 Å². The van der Waals surface area contributed by atoms with Crippen LogP contribution in [-0.2, 0) is 16.6 Å². The predicted molar refractivity (Wildman–Crippen MR) is 78.1 cm³/mol. The molecule has 20 heavy (non-hydrogen) atoms. The van der Waals surface area contributed by atoms with Crippen molar-refractivity contribution < 1.29 is 13.5 Å². The molecule has 1 heterocycles. The molecule has 0 saturated carbocycles. The summed E-state index contributed by atoms with van der Waals surface area (Å²) in [6.07, 6.45) is 1.36. The van der Waals surface area contributed by atoms with Crippen molar-refractivity contribution in [3.05, 3.63) is 47.8 Å².